The summed E-state index contributed by atoms with van der Waals surface area (Å²) in [4.78, 5) is 14.2. The smallest absolute Gasteiger partial charge is 0.168 e. The van der Waals surface area contributed by atoms with Gasteiger partial charge in [-0.05, 0) is 35.9 Å². The van der Waals surface area contributed by atoms with E-state index in [2.05, 4.69) is 0 Å². The van der Waals surface area contributed by atoms with Gasteiger partial charge in [0.1, 0.15) is 0 Å². The third-order valence-corrected chi connectivity index (χ3v) is 3.32. The predicted octanol–water partition coefficient (Wildman–Crippen LogP) is 3.33. The van der Waals surface area contributed by atoms with Crippen LogP contribution in [0.4, 0.5) is 10.1 Å². The molecule has 0 aliphatic heterocycles. The predicted molar refractivity (Wildman–Crippen MR) is 81.8 cm³/mol. The number of carbonyl (C=O) groups excluding carboxylic acids is 1. The van der Waals surface area contributed by atoms with E-state index in [1.54, 1.807) is 24.3 Å². The van der Waals surface area contributed by atoms with Crippen LogP contribution in [-0.2, 0) is 6.42 Å². The number of ether oxygens (including phenoxy) is 1. The van der Waals surface area contributed by atoms with Crippen molar-refractivity contribution in [3.63, 3.8) is 0 Å². The molecule has 4 heteroatoms. The Morgan fingerprint density at radius 3 is 2.38 bits per heavy atom. The monoisotopic (exact) mass is 287 g/mol. The first-order valence-electron chi connectivity index (χ1n) is 6.65. The molecule has 0 bridgehead atoms. The topological polar surface area (TPSA) is 29.5 Å². The number of hydrogen-bond donors (Lipinski definition) is 0. The van der Waals surface area contributed by atoms with Gasteiger partial charge in [-0.25, -0.2) is 4.39 Å². The summed E-state index contributed by atoms with van der Waals surface area (Å²) >= 11 is 0. The van der Waals surface area contributed by atoms with Crippen molar-refractivity contribution >= 4 is 11.5 Å². The molecule has 3 nitrogen and oxygen atoms in total. The molecule has 0 N–H and O–H groups in total. The minimum Gasteiger partial charge on any atom is -0.494 e. The van der Waals surface area contributed by atoms with Gasteiger partial charge in [-0.1, -0.05) is 12.1 Å². The summed E-state index contributed by atoms with van der Waals surface area (Å²) < 4.78 is 19.0. The minimum absolute atomic E-state index is 0.0182. The molecule has 0 radical (unpaired) electrons. The van der Waals surface area contributed by atoms with E-state index in [1.165, 1.54) is 13.2 Å². The van der Waals surface area contributed by atoms with E-state index in [-0.39, 0.29) is 18.0 Å². The number of nitrogens with zero attached hydrogens (tertiary/aromatic N) is 1. The molecule has 0 atom stereocenters. The van der Waals surface area contributed by atoms with Gasteiger partial charge in [0.15, 0.2) is 17.3 Å². The fraction of sp³-hybridized carbons (Fsp3) is 0.235. The van der Waals surface area contributed by atoms with Crippen molar-refractivity contribution in [2.24, 2.45) is 0 Å². The standard InChI is InChI=1S/C17H18FNO2/c1-19(2)14-9-7-12(8-10-14)15(20)11-13-5-4-6-16(21-3)17(13)18/h4-10H,11H2,1-3H3. The maximum absolute atomic E-state index is 14.0. The molecular formula is C17H18FNO2. The lowest BCUT2D eigenvalue weighted by Crippen LogP contribution is -2.10. The third-order valence-electron chi connectivity index (χ3n) is 3.32. The summed E-state index contributed by atoms with van der Waals surface area (Å²) in [5.41, 5.74) is 1.93. The quantitative estimate of drug-likeness (QED) is 0.790. The second-order valence-corrected chi connectivity index (χ2v) is 4.97. The molecule has 2 aromatic rings. The Kier molecular flexibility index (Phi) is 4.58. The minimum atomic E-state index is -0.474. The zero-order chi connectivity index (χ0) is 15.4. The van der Waals surface area contributed by atoms with Crippen LogP contribution < -0.4 is 9.64 Å². The van der Waals surface area contributed by atoms with E-state index in [1.807, 2.05) is 31.1 Å². The van der Waals surface area contributed by atoms with Crippen molar-refractivity contribution in [3.8, 4) is 5.75 Å². The van der Waals surface area contributed by atoms with Crippen LogP contribution in [-0.4, -0.2) is 27.0 Å². The summed E-state index contributed by atoms with van der Waals surface area (Å²) in [6.45, 7) is 0. The summed E-state index contributed by atoms with van der Waals surface area (Å²) in [6, 6.07) is 12.1. The second-order valence-electron chi connectivity index (χ2n) is 4.97. The van der Waals surface area contributed by atoms with Crippen LogP contribution in [0, 0.1) is 5.82 Å². The van der Waals surface area contributed by atoms with Crippen molar-refractivity contribution in [1.29, 1.82) is 0 Å². The van der Waals surface area contributed by atoms with Crippen molar-refractivity contribution in [1.82, 2.24) is 0 Å². The molecule has 0 aliphatic rings. The first-order valence-corrected chi connectivity index (χ1v) is 6.65. The second kappa shape index (κ2) is 6.39. The summed E-state index contributed by atoms with van der Waals surface area (Å²) in [7, 11) is 5.27. The average Bonchev–Trinajstić information content (AvgIpc) is 2.49. The van der Waals surface area contributed by atoms with Gasteiger partial charge in [-0.2, -0.15) is 0 Å². The van der Waals surface area contributed by atoms with Crippen LogP contribution in [0.25, 0.3) is 0 Å². The van der Waals surface area contributed by atoms with Crippen molar-refractivity contribution in [2.75, 3.05) is 26.1 Å². The Bertz CT molecular complexity index is 636. The number of benzene rings is 2. The number of Topliss-reactive ketones (excluding diaryl/α,β-unsaturated/α-hetero) is 1. The van der Waals surface area contributed by atoms with E-state index in [4.69, 9.17) is 4.74 Å². The number of carbonyl (C=O) groups is 1. The SMILES string of the molecule is COc1cccc(CC(=O)c2ccc(N(C)C)cc2)c1F. The lowest BCUT2D eigenvalue weighted by atomic mass is 10.0. The third kappa shape index (κ3) is 3.40. The number of rotatable bonds is 5. The van der Waals surface area contributed by atoms with Crippen LogP contribution in [0.5, 0.6) is 5.75 Å². The molecule has 2 aromatic carbocycles. The van der Waals surface area contributed by atoms with Crippen LogP contribution >= 0.6 is 0 Å². The van der Waals surface area contributed by atoms with Gasteiger partial charge in [0, 0.05) is 31.8 Å². The Labute approximate surface area is 124 Å². The lowest BCUT2D eigenvalue weighted by Gasteiger charge is -2.12. The average molecular weight is 287 g/mol. The molecule has 0 saturated carbocycles. The van der Waals surface area contributed by atoms with E-state index in [9.17, 15) is 9.18 Å². The highest BCUT2D eigenvalue weighted by atomic mass is 19.1. The number of methoxy groups -OCH3 is 1. The van der Waals surface area contributed by atoms with E-state index >= 15 is 0 Å². The number of hydrogen-bond acceptors (Lipinski definition) is 3. The molecule has 21 heavy (non-hydrogen) atoms. The maximum atomic E-state index is 14.0. The molecule has 0 saturated heterocycles. The molecule has 2 rings (SSSR count). The first kappa shape index (κ1) is 15.0. The van der Waals surface area contributed by atoms with Gasteiger partial charge >= 0.3 is 0 Å². The molecule has 0 spiro atoms. The Morgan fingerprint density at radius 1 is 1.14 bits per heavy atom. The molecule has 110 valence electrons. The summed E-state index contributed by atoms with van der Waals surface area (Å²) in [5.74, 6) is -0.436. The zero-order valence-corrected chi connectivity index (χ0v) is 12.4. The molecule has 0 fully saturated rings. The van der Waals surface area contributed by atoms with Gasteiger partial charge in [0.25, 0.3) is 0 Å². The fourth-order valence-electron chi connectivity index (χ4n) is 2.07. The van der Waals surface area contributed by atoms with Gasteiger partial charge in [0.2, 0.25) is 0 Å². The van der Waals surface area contributed by atoms with Gasteiger partial charge < -0.3 is 9.64 Å². The normalized spacial score (nSPS) is 10.3. The van der Waals surface area contributed by atoms with E-state index in [0.29, 0.717) is 11.1 Å². The number of anilines is 1. The van der Waals surface area contributed by atoms with Gasteiger partial charge in [-0.3, -0.25) is 4.79 Å². The van der Waals surface area contributed by atoms with Gasteiger partial charge in [0.05, 0.1) is 7.11 Å². The molecule has 0 unspecified atom stereocenters. The summed E-state index contributed by atoms with van der Waals surface area (Å²) in [5, 5.41) is 0. The van der Waals surface area contributed by atoms with E-state index in [0.717, 1.165) is 5.69 Å². The van der Waals surface area contributed by atoms with Gasteiger partial charge in [-0.15, -0.1) is 0 Å². The first-order chi connectivity index (χ1) is 10.0. The lowest BCUT2D eigenvalue weighted by molar-refractivity contribution is 0.0991. The van der Waals surface area contributed by atoms with Crippen molar-refractivity contribution in [3.05, 3.63) is 59.4 Å². The Morgan fingerprint density at radius 2 is 1.81 bits per heavy atom. The van der Waals surface area contributed by atoms with Crippen molar-refractivity contribution in [2.45, 2.75) is 6.42 Å². The van der Waals surface area contributed by atoms with Crippen molar-refractivity contribution < 1.29 is 13.9 Å². The highest BCUT2D eigenvalue weighted by Gasteiger charge is 2.13. The fourth-order valence-corrected chi connectivity index (χ4v) is 2.07. The Balaban J connectivity index is 2.18. The maximum Gasteiger partial charge on any atom is 0.168 e. The molecule has 0 heterocycles. The highest BCUT2D eigenvalue weighted by Crippen LogP contribution is 2.21. The largest absolute Gasteiger partial charge is 0.494 e. The van der Waals surface area contributed by atoms with Crippen LogP contribution in [0.1, 0.15) is 15.9 Å². The number of halogens is 1. The molecule has 0 amide bonds. The zero-order valence-electron chi connectivity index (χ0n) is 12.4. The molecule has 0 aromatic heterocycles. The van der Waals surface area contributed by atoms with Crippen LogP contribution in [0.15, 0.2) is 42.5 Å². The number of ketones is 1. The van der Waals surface area contributed by atoms with Crippen LogP contribution in [0.3, 0.4) is 0 Å². The molecular weight excluding hydrogens is 269 g/mol. The Hall–Kier alpha value is -2.36. The van der Waals surface area contributed by atoms with Crippen LogP contribution in [0.2, 0.25) is 0 Å². The van der Waals surface area contributed by atoms with E-state index < -0.39 is 5.82 Å². The molecule has 0 aliphatic carbocycles. The summed E-state index contributed by atoms with van der Waals surface area (Å²) in [6.07, 6.45) is 0.0182. The highest BCUT2D eigenvalue weighted by molar-refractivity contribution is 5.97.